The Bertz CT molecular complexity index is 310. The summed E-state index contributed by atoms with van der Waals surface area (Å²) in [5.74, 6) is -0.705. The minimum absolute atomic E-state index is 0.140. The van der Waals surface area contributed by atoms with Crippen LogP contribution in [0, 0.1) is 0 Å². The Kier molecular flexibility index (Phi) is 3.82. The first-order valence-corrected chi connectivity index (χ1v) is 4.15. The molecule has 0 aliphatic rings. The molecule has 0 aliphatic heterocycles. The van der Waals surface area contributed by atoms with E-state index in [1.807, 2.05) is 30.3 Å². The van der Waals surface area contributed by atoms with Crippen molar-refractivity contribution in [2.45, 2.75) is 12.6 Å². The minimum atomic E-state index is -1.18. The molecule has 1 atom stereocenters. The molecule has 0 amide bonds. The first kappa shape index (κ1) is 10.4. The summed E-state index contributed by atoms with van der Waals surface area (Å²) in [6.07, 6.45) is 0.354. The van der Waals surface area contributed by atoms with Gasteiger partial charge < -0.3 is 15.3 Å². The maximum absolute atomic E-state index is 11.0. The highest BCUT2D eigenvalue weighted by Crippen LogP contribution is 2.00. The quantitative estimate of drug-likeness (QED) is 0.423. The van der Waals surface area contributed by atoms with Crippen LogP contribution < -0.4 is 5.73 Å². The lowest BCUT2D eigenvalue weighted by Crippen LogP contribution is -2.33. The average Bonchev–Trinajstić information content (AvgIpc) is 2.26. The highest BCUT2D eigenvalue weighted by molar-refractivity contribution is 5.91. The first-order valence-electron chi connectivity index (χ1n) is 4.15. The molecule has 1 aromatic rings. The molecule has 1 aromatic carbocycles. The lowest BCUT2D eigenvalue weighted by atomic mass is 10.2. The van der Waals surface area contributed by atoms with Gasteiger partial charge in [-0.3, -0.25) is 0 Å². The number of ether oxygens (including phenoxy) is 1. The Hall–Kier alpha value is -1.68. The Labute approximate surface area is 81.7 Å². The van der Waals surface area contributed by atoms with Gasteiger partial charge in [-0.25, -0.2) is 4.79 Å². The molecule has 0 bridgehead atoms. The van der Waals surface area contributed by atoms with Crippen LogP contribution >= 0.6 is 0 Å². The van der Waals surface area contributed by atoms with Gasteiger partial charge in [0.1, 0.15) is 12.9 Å². The number of hydrogen-bond acceptors (Lipinski definition) is 4. The van der Waals surface area contributed by atoms with Crippen molar-refractivity contribution in [3.05, 3.63) is 35.9 Å². The molecule has 0 radical (unpaired) electrons. The third-order valence-electron chi connectivity index (χ3n) is 1.64. The van der Waals surface area contributed by atoms with E-state index >= 15 is 0 Å². The Morgan fingerprint density at radius 2 is 2.07 bits per heavy atom. The molecule has 0 fully saturated rings. The highest BCUT2D eigenvalue weighted by atomic mass is 16.5. The fourth-order valence-corrected chi connectivity index (χ4v) is 0.880. The van der Waals surface area contributed by atoms with Crippen LogP contribution in [0.25, 0.3) is 0 Å². The molecule has 0 saturated heterocycles. The zero-order valence-electron chi connectivity index (χ0n) is 7.55. The van der Waals surface area contributed by atoms with Gasteiger partial charge in [0, 0.05) is 0 Å². The van der Waals surface area contributed by atoms with E-state index in [9.17, 15) is 9.59 Å². The summed E-state index contributed by atoms with van der Waals surface area (Å²) >= 11 is 0. The maximum Gasteiger partial charge on any atom is 0.330 e. The van der Waals surface area contributed by atoms with Crippen LogP contribution in [0.4, 0.5) is 0 Å². The van der Waals surface area contributed by atoms with Crippen molar-refractivity contribution in [2.24, 2.45) is 5.73 Å². The summed E-state index contributed by atoms with van der Waals surface area (Å²) in [6.45, 7) is 0.140. The normalized spacial score (nSPS) is 11.8. The largest absolute Gasteiger partial charge is 0.459 e. The van der Waals surface area contributed by atoms with E-state index in [-0.39, 0.29) is 6.61 Å². The van der Waals surface area contributed by atoms with Crippen LogP contribution in [0.2, 0.25) is 0 Å². The molecule has 0 saturated carbocycles. The second-order valence-corrected chi connectivity index (χ2v) is 2.76. The summed E-state index contributed by atoms with van der Waals surface area (Å²) < 4.78 is 4.79. The van der Waals surface area contributed by atoms with E-state index < -0.39 is 12.0 Å². The van der Waals surface area contributed by atoms with Gasteiger partial charge in [0.15, 0.2) is 6.04 Å². The summed E-state index contributed by atoms with van der Waals surface area (Å²) in [5, 5.41) is 0. The predicted octanol–water partition coefficient (Wildman–Crippen LogP) is 0.256. The topological polar surface area (TPSA) is 69.4 Å². The molecule has 0 heterocycles. The van der Waals surface area contributed by atoms with Crippen molar-refractivity contribution in [1.82, 2.24) is 0 Å². The molecule has 4 nitrogen and oxygen atoms in total. The molecule has 4 heteroatoms. The number of benzene rings is 1. The third-order valence-corrected chi connectivity index (χ3v) is 1.64. The second-order valence-electron chi connectivity index (χ2n) is 2.76. The van der Waals surface area contributed by atoms with E-state index in [2.05, 4.69) is 0 Å². The number of rotatable bonds is 4. The van der Waals surface area contributed by atoms with Crippen LogP contribution in [0.3, 0.4) is 0 Å². The molecule has 0 aromatic heterocycles. The van der Waals surface area contributed by atoms with E-state index in [0.29, 0.717) is 6.29 Å². The number of esters is 1. The number of aldehydes is 1. The molecule has 2 N–H and O–H groups in total. The van der Waals surface area contributed by atoms with Gasteiger partial charge in [-0.05, 0) is 5.56 Å². The lowest BCUT2D eigenvalue weighted by Gasteiger charge is -2.05. The predicted molar refractivity (Wildman–Crippen MR) is 50.3 cm³/mol. The van der Waals surface area contributed by atoms with Crippen LogP contribution in [-0.2, 0) is 20.9 Å². The molecule has 0 aliphatic carbocycles. The minimum Gasteiger partial charge on any atom is -0.459 e. The van der Waals surface area contributed by atoms with Crippen LogP contribution in [0.15, 0.2) is 30.3 Å². The van der Waals surface area contributed by atoms with Gasteiger partial charge in [-0.15, -0.1) is 0 Å². The monoisotopic (exact) mass is 193 g/mol. The van der Waals surface area contributed by atoms with Crippen LogP contribution in [-0.4, -0.2) is 18.3 Å². The van der Waals surface area contributed by atoms with Crippen molar-refractivity contribution >= 4 is 12.3 Å². The Balaban J connectivity index is 2.42. The summed E-state index contributed by atoms with van der Waals surface area (Å²) in [6, 6.07) is 7.99. The molecule has 74 valence electrons. The van der Waals surface area contributed by atoms with Crippen molar-refractivity contribution in [3.63, 3.8) is 0 Å². The first-order chi connectivity index (χ1) is 6.74. The van der Waals surface area contributed by atoms with Crippen molar-refractivity contribution in [1.29, 1.82) is 0 Å². The summed E-state index contributed by atoms with van der Waals surface area (Å²) in [4.78, 5) is 21.1. The summed E-state index contributed by atoms with van der Waals surface area (Å²) in [5.41, 5.74) is 6.00. The summed E-state index contributed by atoms with van der Waals surface area (Å²) in [7, 11) is 0. The van der Waals surface area contributed by atoms with Crippen LogP contribution in [0.5, 0.6) is 0 Å². The zero-order valence-corrected chi connectivity index (χ0v) is 7.55. The van der Waals surface area contributed by atoms with E-state index in [0.717, 1.165) is 5.56 Å². The molecule has 0 unspecified atom stereocenters. The van der Waals surface area contributed by atoms with E-state index in [4.69, 9.17) is 10.5 Å². The number of carbonyl (C=O) groups is 2. The number of nitrogens with two attached hydrogens (primary N) is 1. The van der Waals surface area contributed by atoms with E-state index in [1.54, 1.807) is 0 Å². The number of carbonyl (C=O) groups excluding carboxylic acids is 2. The van der Waals surface area contributed by atoms with E-state index in [1.165, 1.54) is 0 Å². The fraction of sp³-hybridized carbons (Fsp3) is 0.200. The molecule has 0 spiro atoms. The molecule has 14 heavy (non-hydrogen) atoms. The lowest BCUT2D eigenvalue weighted by molar-refractivity contribution is -0.147. The van der Waals surface area contributed by atoms with Crippen LogP contribution in [0.1, 0.15) is 5.56 Å². The van der Waals surface area contributed by atoms with Crippen molar-refractivity contribution in [3.8, 4) is 0 Å². The molecule has 1 rings (SSSR count). The maximum atomic E-state index is 11.0. The highest BCUT2D eigenvalue weighted by Gasteiger charge is 2.12. The molecular weight excluding hydrogens is 182 g/mol. The SMILES string of the molecule is N[C@@H](C=O)C(=O)OCc1ccccc1. The Morgan fingerprint density at radius 3 is 2.64 bits per heavy atom. The van der Waals surface area contributed by atoms with Crippen molar-refractivity contribution in [2.75, 3.05) is 0 Å². The van der Waals surface area contributed by atoms with Gasteiger partial charge in [0.2, 0.25) is 0 Å². The van der Waals surface area contributed by atoms with Gasteiger partial charge in [-0.2, -0.15) is 0 Å². The number of hydrogen-bond donors (Lipinski definition) is 1. The van der Waals surface area contributed by atoms with Gasteiger partial charge >= 0.3 is 5.97 Å². The average molecular weight is 193 g/mol. The third kappa shape index (κ3) is 2.99. The van der Waals surface area contributed by atoms with Gasteiger partial charge in [-0.1, -0.05) is 30.3 Å². The standard InChI is InChI=1S/C10H11NO3/c11-9(6-12)10(13)14-7-8-4-2-1-3-5-8/h1-6,9H,7,11H2/t9-/m0/s1. The Morgan fingerprint density at radius 1 is 1.43 bits per heavy atom. The molecular formula is C10H11NO3. The van der Waals surface area contributed by atoms with Crippen molar-refractivity contribution < 1.29 is 14.3 Å². The smallest absolute Gasteiger partial charge is 0.330 e. The zero-order chi connectivity index (χ0) is 10.4. The fourth-order valence-electron chi connectivity index (χ4n) is 0.880. The van der Waals surface area contributed by atoms with Gasteiger partial charge in [0.05, 0.1) is 0 Å². The second kappa shape index (κ2) is 5.14. The van der Waals surface area contributed by atoms with Gasteiger partial charge in [0.25, 0.3) is 0 Å².